The maximum atomic E-state index is 6.25. The molecule has 0 unspecified atom stereocenters. The van der Waals surface area contributed by atoms with Crippen LogP contribution in [0.15, 0.2) is 0 Å². The van der Waals surface area contributed by atoms with Crippen LogP contribution in [0, 0.1) is 71.0 Å². The van der Waals surface area contributed by atoms with E-state index in [-0.39, 0.29) is 92.5 Å². The normalized spacial score (nSPS) is 0.706. The Morgan fingerprint density at radius 2 is 0.353 bits per heavy atom. The molecule has 17 heavy (non-hydrogen) atoms. The second kappa shape index (κ2) is 153000. The molecule has 66 valence electrons. The summed E-state index contributed by atoms with van der Waals surface area (Å²) in [6, 6.07) is 0. The molecular weight excluding hydrogens is 240 g/mol. The zero-order chi connectivity index (χ0) is 12.0. The second-order valence-electron chi connectivity index (χ2n) is 0. The first-order valence-electron chi connectivity index (χ1n) is 1.34. The van der Waals surface area contributed by atoms with Gasteiger partial charge in [-0.1, -0.05) is 0 Å². The van der Waals surface area contributed by atoms with Gasteiger partial charge in [-0.05, 0) is 0 Å². The number of hydrogen-bond donors (Lipinski definition) is 0. The van der Waals surface area contributed by atoms with Gasteiger partial charge >= 0.3 is 54.8 Å². The molecular formula is C6FeLi4N6. The molecule has 0 amide bonds. The SMILES string of the molecule is [C-]#N.[C-]#N.[C-]#N.[C-]#N.[C-]#N.[C-]#N.[Fe+4].[Li+].[Li+].[Li].[Li]. The van der Waals surface area contributed by atoms with Gasteiger partial charge in [-0.3, -0.25) is 0 Å². The molecule has 0 N–H and O–H groups in total. The molecule has 0 aliphatic heterocycles. The molecule has 2 radical (unpaired) electrons. The Balaban J connectivity index is -0.00000000267. The van der Waals surface area contributed by atoms with Crippen LogP contribution in [0.5, 0.6) is 0 Å². The van der Waals surface area contributed by atoms with Crippen molar-refractivity contribution < 1.29 is 54.8 Å². The van der Waals surface area contributed by atoms with E-state index >= 15 is 0 Å². The third kappa shape index (κ3) is 133000. The van der Waals surface area contributed by atoms with Gasteiger partial charge in [0.15, 0.2) is 0 Å². The molecule has 0 fully saturated rings. The van der Waals surface area contributed by atoms with Crippen molar-refractivity contribution in [2.45, 2.75) is 0 Å². The van der Waals surface area contributed by atoms with Crippen molar-refractivity contribution in [2.75, 3.05) is 0 Å². The van der Waals surface area contributed by atoms with Crippen molar-refractivity contribution in [1.29, 1.82) is 31.6 Å². The topological polar surface area (TPSA) is 143 Å². The van der Waals surface area contributed by atoms with Gasteiger partial charge in [0.05, 0.1) is 0 Å². The zero-order valence-corrected chi connectivity index (χ0v) is 11.1. The molecule has 6 nitrogen and oxygen atoms in total. The Morgan fingerprint density at radius 1 is 0.353 bits per heavy atom. The first-order chi connectivity index (χ1) is 6.00. The Morgan fingerprint density at radius 3 is 0.353 bits per heavy atom. The number of rotatable bonds is 0. The summed E-state index contributed by atoms with van der Waals surface area (Å²) in [7, 11) is 0. The van der Waals surface area contributed by atoms with E-state index in [1.54, 1.807) is 0 Å². The third-order valence-electron chi connectivity index (χ3n) is 0. The Hall–Kier alpha value is -0.151. The fourth-order valence-corrected chi connectivity index (χ4v) is 0. The number of hydrogen-bond acceptors (Lipinski definition) is 6. The fraction of sp³-hybridized carbons (Fsp3) is 0. The summed E-state index contributed by atoms with van der Waals surface area (Å²) in [5.74, 6) is 0. The van der Waals surface area contributed by atoms with E-state index in [9.17, 15) is 0 Å². The molecule has 11 heteroatoms. The van der Waals surface area contributed by atoms with Gasteiger partial charge in [-0.25, -0.2) is 0 Å². The Bertz CT molecular complexity index is 106. The zero-order valence-electron chi connectivity index (χ0n) is 10.0. The van der Waals surface area contributed by atoms with Crippen LogP contribution in [0.3, 0.4) is 0 Å². The summed E-state index contributed by atoms with van der Waals surface area (Å²) in [5.41, 5.74) is 0. The van der Waals surface area contributed by atoms with E-state index < -0.39 is 0 Å². The standard InChI is InChI=1S/6CN.Fe.4Li/c6*1-2;;;;;/q6*-1;+4;;;2*+1. The fourth-order valence-electron chi connectivity index (χ4n) is 0. The van der Waals surface area contributed by atoms with Crippen LogP contribution >= 0.6 is 0 Å². The molecule has 0 aliphatic rings. The van der Waals surface area contributed by atoms with Gasteiger partial charge in [0.2, 0.25) is 0 Å². The van der Waals surface area contributed by atoms with Gasteiger partial charge in [-0.15, -0.1) is 0 Å². The van der Waals surface area contributed by atoms with Crippen molar-refractivity contribution in [3.8, 4) is 0 Å². The monoisotopic (exact) mass is 240 g/mol. The minimum absolute atomic E-state index is 0. The molecule has 0 bridgehead atoms. The Kier molecular flexibility index (Phi) is 1120000. The molecule has 0 aromatic carbocycles. The van der Waals surface area contributed by atoms with Crippen LogP contribution in [0.2, 0.25) is 0 Å². The summed E-state index contributed by atoms with van der Waals surface area (Å²) < 4.78 is 0. The second-order valence-corrected chi connectivity index (χ2v) is 0. The van der Waals surface area contributed by atoms with Crippen molar-refractivity contribution in [3.63, 3.8) is 0 Å². The maximum absolute atomic E-state index is 6.25. The summed E-state index contributed by atoms with van der Waals surface area (Å²) in [6.45, 7) is 28.5. The van der Waals surface area contributed by atoms with E-state index in [1.165, 1.54) is 0 Å². The first-order valence-corrected chi connectivity index (χ1v) is 1.34. The van der Waals surface area contributed by atoms with Gasteiger partial charge < -0.3 is 71.0 Å². The van der Waals surface area contributed by atoms with Crippen LogP contribution in [0.4, 0.5) is 0 Å². The molecule has 0 heterocycles. The molecule has 0 aromatic heterocycles. The van der Waals surface area contributed by atoms with Crippen LogP contribution in [-0.2, 0) is 17.1 Å². The van der Waals surface area contributed by atoms with Gasteiger partial charge in [0.25, 0.3) is 0 Å². The van der Waals surface area contributed by atoms with Crippen LogP contribution in [0.25, 0.3) is 0 Å². The van der Waals surface area contributed by atoms with E-state index in [0.717, 1.165) is 0 Å². The van der Waals surface area contributed by atoms with Crippen molar-refractivity contribution in [2.24, 2.45) is 0 Å². The summed E-state index contributed by atoms with van der Waals surface area (Å²) in [4.78, 5) is 0. The summed E-state index contributed by atoms with van der Waals surface area (Å²) in [6.07, 6.45) is 0. The average molecular weight is 240 g/mol. The molecule has 0 aromatic rings. The largest absolute Gasteiger partial charge is 4.00 e. The van der Waals surface area contributed by atoms with Gasteiger partial charge in [0.1, 0.15) is 0 Å². The van der Waals surface area contributed by atoms with Crippen molar-refractivity contribution in [3.05, 3.63) is 39.4 Å². The summed E-state index contributed by atoms with van der Waals surface area (Å²) in [5, 5.41) is 37.5. The molecule has 0 spiro atoms. The minimum Gasteiger partial charge on any atom is -0.512 e. The predicted molar refractivity (Wildman–Crippen MR) is 41.3 cm³/mol. The Labute approximate surface area is 162 Å². The number of nitrogens with zero attached hydrogens (tertiary/aromatic N) is 6. The maximum Gasteiger partial charge on any atom is 4.00 e. The molecule has 0 saturated heterocycles. The third-order valence-corrected chi connectivity index (χ3v) is 0. The summed E-state index contributed by atoms with van der Waals surface area (Å²) >= 11 is 0. The molecule has 0 atom stereocenters. The van der Waals surface area contributed by atoms with Crippen LogP contribution in [-0.4, -0.2) is 37.7 Å². The van der Waals surface area contributed by atoms with Crippen molar-refractivity contribution >= 4 is 37.7 Å². The molecule has 0 aliphatic carbocycles. The predicted octanol–water partition coefficient (Wildman–Crippen LogP) is -6.18. The van der Waals surface area contributed by atoms with E-state index in [2.05, 4.69) is 0 Å². The quantitative estimate of drug-likeness (QED) is 0.304. The molecule has 0 rings (SSSR count). The van der Waals surface area contributed by atoms with Crippen molar-refractivity contribution in [1.82, 2.24) is 0 Å². The van der Waals surface area contributed by atoms with E-state index in [1.807, 2.05) is 0 Å². The first kappa shape index (κ1) is 124. The van der Waals surface area contributed by atoms with E-state index in [4.69, 9.17) is 71.0 Å². The van der Waals surface area contributed by atoms with Gasteiger partial charge in [0, 0.05) is 37.7 Å². The van der Waals surface area contributed by atoms with Crippen LogP contribution < -0.4 is 37.7 Å². The smallest absolute Gasteiger partial charge is 0.512 e. The van der Waals surface area contributed by atoms with Gasteiger partial charge in [-0.2, -0.15) is 0 Å². The van der Waals surface area contributed by atoms with E-state index in [0.29, 0.717) is 0 Å². The minimum atomic E-state index is 0. The molecule has 0 saturated carbocycles. The average Bonchev–Trinajstić information content (AvgIpc) is 2.33. The van der Waals surface area contributed by atoms with Crippen LogP contribution in [0.1, 0.15) is 0 Å².